The van der Waals surface area contributed by atoms with E-state index in [9.17, 15) is 4.79 Å². The molecule has 0 aliphatic carbocycles. The zero-order valence-corrected chi connectivity index (χ0v) is 16.0. The van der Waals surface area contributed by atoms with Gasteiger partial charge in [0, 0.05) is 11.6 Å². The van der Waals surface area contributed by atoms with Crippen LogP contribution in [0.5, 0.6) is 0 Å². The van der Waals surface area contributed by atoms with E-state index in [0.29, 0.717) is 5.69 Å². The Hall–Kier alpha value is -3.13. The quantitative estimate of drug-likeness (QED) is 0.640. The molecule has 0 atom stereocenters. The summed E-state index contributed by atoms with van der Waals surface area (Å²) in [4.78, 5) is 12.9. The molecular weight excluding hydrogens is 356 g/mol. The number of nitrogens with zero attached hydrogens (tertiary/aromatic N) is 3. The molecule has 1 aliphatic heterocycles. The second-order valence-corrected chi connectivity index (χ2v) is 7.06. The fraction of sp³-hybridized carbons (Fsp3) is 0.350. The van der Waals surface area contributed by atoms with Gasteiger partial charge in [-0.1, -0.05) is 23.4 Å². The van der Waals surface area contributed by atoms with E-state index in [1.165, 1.54) is 0 Å². The van der Waals surface area contributed by atoms with Gasteiger partial charge in [-0.2, -0.15) is 5.10 Å². The second-order valence-electron chi connectivity index (χ2n) is 7.06. The zero-order chi connectivity index (χ0) is 19.7. The van der Waals surface area contributed by atoms with Gasteiger partial charge in [0.05, 0.1) is 17.1 Å². The highest BCUT2D eigenvalue weighted by molar-refractivity contribution is 6.04. The zero-order valence-electron chi connectivity index (χ0n) is 16.0. The van der Waals surface area contributed by atoms with Gasteiger partial charge in [-0.3, -0.25) is 4.79 Å². The molecule has 0 saturated carbocycles. The Morgan fingerprint density at radius 2 is 1.96 bits per heavy atom. The van der Waals surface area contributed by atoms with Crippen LogP contribution in [-0.2, 0) is 0 Å². The second kappa shape index (κ2) is 7.47. The molecule has 1 aliphatic rings. The summed E-state index contributed by atoms with van der Waals surface area (Å²) in [5.74, 6) is -0.236. The number of benzene rings is 1. The van der Waals surface area contributed by atoms with Gasteiger partial charge in [-0.25, -0.2) is 4.68 Å². The third-order valence-corrected chi connectivity index (χ3v) is 5.15. The van der Waals surface area contributed by atoms with Gasteiger partial charge < -0.3 is 20.9 Å². The first kappa shape index (κ1) is 18.2. The number of anilines is 1. The maximum atomic E-state index is 12.9. The first-order valence-corrected chi connectivity index (χ1v) is 9.45. The number of aromatic nitrogens is 3. The molecule has 28 heavy (non-hydrogen) atoms. The fourth-order valence-corrected chi connectivity index (χ4v) is 3.72. The number of carbonyl (C=O) groups excluding carboxylic acids is 1. The van der Waals surface area contributed by atoms with E-state index in [4.69, 9.17) is 10.3 Å². The van der Waals surface area contributed by atoms with Crippen LogP contribution in [0.3, 0.4) is 0 Å². The summed E-state index contributed by atoms with van der Waals surface area (Å²) in [6.45, 7) is 5.61. The van der Waals surface area contributed by atoms with Gasteiger partial charge in [-0.15, -0.1) is 0 Å². The van der Waals surface area contributed by atoms with E-state index in [2.05, 4.69) is 20.9 Å². The summed E-state index contributed by atoms with van der Waals surface area (Å²) in [7, 11) is 0. The number of para-hydroxylation sites is 1. The minimum absolute atomic E-state index is 0.0210. The van der Waals surface area contributed by atoms with Crippen LogP contribution < -0.4 is 16.4 Å². The Bertz CT molecular complexity index is 986. The number of carbonyl (C=O) groups is 1. The Balaban J connectivity index is 1.71. The maximum Gasteiger partial charge on any atom is 0.259 e. The monoisotopic (exact) mass is 380 g/mol. The molecule has 0 radical (unpaired) electrons. The lowest BCUT2D eigenvalue weighted by molar-refractivity contribution is 0.0930. The Labute approximate surface area is 163 Å². The molecule has 2 aromatic heterocycles. The molecule has 146 valence electrons. The number of nitrogens with one attached hydrogen (secondary N) is 2. The van der Waals surface area contributed by atoms with Gasteiger partial charge in [0.15, 0.2) is 0 Å². The van der Waals surface area contributed by atoms with E-state index in [0.717, 1.165) is 48.6 Å². The molecule has 1 saturated heterocycles. The van der Waals surface area contributed by atoms with Crippen LogP contribution in [-0.4, -0.2) is 40.0 Å². The number of hydrogen-bond donors (Lipinski definition) is 3. The Morgan fingerprint density at radius 3 is 2.68 bits per heavy atom. The molecule has 3 aromatic rings. The number of amides is 1. The van der Waals surface area contributed by atoms with E-state index in [1.807, 2.05) is 48.9 Å². The highest BCUT2D eigenvalue weighted by atomic mass is 16.5. The van der Waals surface area contributed by atoms with Crippen molar-refractivity contribution in [1.82, 2.24) is 25.6 Å². The van der Waals surface area contributed by atoms with Crippen molar-refractivity contribution in [3.63, 3.8) is 0 Å². The predicted octanol–water partition coefficient (Wildman–Crippen LogP) is 2.21. The van der Waals surface area contributed by atoms with Crippen LogP contribution in [0.1, 0.15) is 34.6 Å². The summed E-state index contributed by atoms with van der Waals surface area (Å²) < 4.78 is 7.04. The minimum atomic E-state index is -0.257. The standard InChI is InChI=1S/C20H24N6O2/c1-12-16(13(2)26(24-12)15-6-4-3-5-7-15)18-17(19(21)28-25-18)20(27)23-14-8-10-22-11-9-14/h3-7,14,22H,8-11,21H2,1-2H3,(H,23,27). The number of aryl methyl sites for hydroxylation is 1. The summed E-state index contributed by atoms with van der Waals surface area (Å²) >= 11 is 0. The molecule has 4 rings (SSSR count). The molecule has 4 N–H and O–H groups in total. The van der Waals surface area contributed by atoms with Crippen LogP contribution >= 0.6 is 0 Å². The summed E-state index contributed by atoms with van der Waals surface area (Å²) in [5, 5.41) is 15.1. The van der Waals surface area contributed by atoms with Crippen LogP contribution in [0.15, 0.2) is 34.9 Å². The average Bonchev–Trinajstić information content (AvgIpc) is 3.22. The van der Waals surface area contributed by atoms with Crippen molar-refractivity contribution in [3.05, 3.63) is 47.3 Å². The number of hydrogen-bond acceptors (Lipinski definition) is 6. The van der Waals surface area contributed by atoms with Crippen LogP contribution in [0.4, 0.5) is 5.88 Å². The summed E-state index contributed by atoms with van der Waals surface area (Å²) in [6, 6.07) is 9.94. The number of piperidine rings is 1. The Morgan fingerprint density at radius 1 is 1.25 bits per heavy atom. The maximum absolute atomic E-state index is 12.9. The lowest BCUT2D eigenvalue weighted by Gasteiger charge is -2.23. The summed E-state index contributed by atoms with van der Waals surface area (Å²) in [5.41, 5.74) is 10.0. The normalized spacial score (nSPS) is 14.9. The van der Waals surface area contributed by atoms with E-state index >= 15 is 0 Å². The number of nitrogen functional groups attached to an aromatic ring is 1. The minimum Gasteiger partial charge on any atom is -0.367 e. The highest BCUT2D eigenvalue weighted by Gasteiger charge is 2.28. The lowest BCUT2D eigenvalue weighted by Crippen LogP contribution is -2.42. The molecule has 1 aromatic carbocycles. The van der Waals surface area contributed by atoms with Gasteiger partial charge in [0.25, 0.3) is 5.91 Å². The van der Waals surface area contributed by atoms with Crippen molar-refractivity contribution in [2.45, 2.75) is 32.7 Å². The van der Waals surface area contributed by atoms with E-state index in [1.54, 1.807) is 0 Å². The molecule has 8 heteroatoms. The number of rotatable bonds is 4. The van der Waals surface area contributed by atoms with Crippen molar-refractivity contribution >= 4 is 11.8 Å². The SMILES string of the molecule is Cc1nn(-c2ccccc2)c(C)c1-c1noc(N)c1C(=O)NC1CCNCC1. The molecule has 1 fully saturated rings. The molecule has 0 bridgehead atoms. The van der Waals surface area contributed by atoms with Crippen molar-refractivity contribution in [1.29, 1.82) is 0 Å². The predicted molar refractivity (Wildman–Crippen MR) is 106 cm³/mol. The van der Waals surface area contributed by atoms with E-state index in [-0.39, 0.29) is 23.4 Å². The topological polar surface area (TPSA) is 111 Å². The van der Waals surface area contributed by atoms with Gasteiger partial charge in [-0.05, 0) is 51.9 Å². The van der Waals surface area contributed by atoms with Crippen molar-refractivity contribution in [2.75, 3.05) is 18.8 Å². The van der Waals surface area contributed by atoms with Gasteiger partial charge in [0.2, 0.25) is 5.88 Å². The van der Waals surface area contributed by atoms with Crippen LogP contribution in [0.2, 0.25) is 0 Å². The van der Waals surface area contributed by atoms with Crippen molar-refractivity contribution in [2.24, 2.45) is 0 Å². The first-order chi connectivity index (χ1) is 13.6. The Kier molecular flexibility index (Phi) is 4.87. The van der Waals surface area contributed by atoms with Crippen LogP contribution in [0, 0.1) is 13.8 Å². The lowest BCUT2D eigenvalue weighted by atomic mass is 10.0. The third-order valence-electron chi connectivity index (χ3n) is 5.15. The first-order valence-electron chi connectivity index (χ1n) is 9.45. The average molecular weight is 380 g/mol. The summed E-state index contributed by atoms with van der Waals surface area (Å²) in [6.07, 6.45) is 1.77. The van der Waals surface area contributed by atoms with Crippen LogP contribution in [0.25, 0.3) is 16.9 Å². The molecule has 8 nitrogen and oxygen atoms in total. The fourth-order valence-electron chi connectivity index (χ4n) is 3.72. The highest BCUT2D eigenvalue weighted by Crippen LogP contribution is 2.33. The molecule has 1 amide bonds. The molecular formula is C20H24N6O2. The van der Waals surface area contributed by atoms with Crippen molar-refractivity contribution < 1.29 is 9.32 Å². The third kappa shape index (κ3) is 3.27. The molecule has 0 unspecified atom stereocenters. The largest absolute Gasteiger partial charge is 0.367 e. The molecule has 3 heterocycles. The van der Waals surface area contributed by atoms with E-state index < -0.39 is 0 Å². The van der Waals surface area contributed by atoms with Gasteiger partial charge in [0.1, 0.15) is 11.3 Å². The van der Waals surface area contributed by atoms with Gasteiger partial charge >= 0.3 is 0 Å². The molecule has 0 spiro atoms. The van der Waals surface area contributed by atoms with Crippen molar-refractivity contribution in [3.8, 4) is 16.9 Å². The number of nitrogens with two attached hydrogens (primary N) is 1. The smallest absolute Gasteiger partial charge is 0.259 e.